The van der Waals surface area contributed by atoms with Crippen LogP contribution < -0.4 is 5.32 Å². The summed E-state index contributed by atoms with van der Waals surface area (Å²) < 4.78 is 26.3. The molecule has 0 saturated carbocycles. The van der Waals surface area contributed by atoms with Crippen LogP contribution in [0.5, 0.6) is 5.75 Å². The molecule has 1 aromatic carbocycles. The van der Waals surface area contributed by atoms with Crippen LogP contribution in [-0.2, 0) is 4.79 Å². The number of aromatic hydroxyl groups is 1. The smallest absolute Gasteiger partial charge is 0.258 e. The molecule has 0 unspecified atom stereocenters. The van der Waals surface area contributed by atoms with Gasteiger partial charge in [-0.3, -0.25) is 9.59 Å². The predicted octanol–water partition coefficient (Wildman–Crippen LogP) is 1.41. The molecular weight excluding hydrogens is 282 g/mol. The largest absolute Gasteiger partial charge is 0.507 e. The van der Waals surface area contributed by atoms with Gasteiger partial charge in [-0.25, -0.2) is 8.78 Å². The van der Waals surface area contributed by atoms with Crippen molar-refractivity contribution < 1.29 is 23.5 Å². The Morgan fingerprint density at radius 3 is 2.52 bits per heavy atom. The first-order valence-electron chi connectivity index (χ1n) is 6.73. The molecule has 0 aromatic heterocycles. The maximum absolute atomic E-state index is 13.5. The van der Waals surface area contributed by atoms with E-state index >= 15 is 0 Å². The SMILES string of the molecule is O=C(NCCC(=O)N1CCCC1)c1c(O)cc(F)cc1F. The Morgan fingerprint density at radius 2 is 1.90 bits per heavy atom. The van der Waals surface area contributed by atoms with Crippen molar-refractivity contribution in [1.82, 2.24) is 10.2 Å². The van der Waals surface area contributed by atoms with Crippen LogP contribution >= 0.6 is 0 Å². The molecule has 0 spiro atoms. The normalized spacial score (nSPS) is 14.3. The van der Waals surface area contributed by atoms with Crippen molar-refractivity contribution in [3.05, 3.63) is 29.3 Å². The molecule has 21 heavy (non-hydrogen) atoms. The van der Waals surface area contributed by atoms with Crippen molar-refractivity contribution in [3.8, 4) is 5.75 Å². The summed E-state index contributed by atoms with van der Waals surface area (Å²) in [5.74, 6) is -3.83. The number of halogens is 2. The van der Waals surface area contributed by atoms with Crippen LogP contribution in [0.1, 0.15) is 29.6 Å². The fourth-order valence-electron chi connectivity index (χ4n) is 2.28. The molecule has 1 aliphatic heterocycles. The maximum atomic E-state index is 13.5. The maximum Gasteiger partial charge on any atom is 0.258 e. The molecule has 1 heterocycles. The number of nitrogens with one attached hydrogen (secondary N) is 1. The van der Waals surface area contributed by atoms with Crippen molar-refractivity contribution in [3.63, 3.8) is 0 Å². The lowest BCUT2D eigenvalue weighted by atomic mass is 10.1. The zero-order chi connectivity index (χ0) is 15.4. The number of phenols is 1. The average molecular weight is 298 g/mol. The third kappa shape index (κ3) is 3.68. The lowest BCUT2D eigenvalue weighted by molar-refractivity contribution is -0.129. The van der Waals surface area contributed by atoms with Gasteiger partial charge < -0.3 is 15.3 Å². The number of phenolic OH excluding ortho intramolecular Hbond substituents is 1. The average Bonchev–Trinajstić information content (AvgIpc) is 2.91. The first kappa shape index (κ1) is 15.2. The minimum atomic E-state index is -1.14. The Kier molecular flexibility index (Phi) is 4.72. The molecule has 7 heteroatoms. The van der Waals surface area contributed by atoms with Crippen molar-refractivity contribution in [2.45, 2.75) is 19.3 Å². The van der Waals surface area contributed by atoms with E-state index in [0.29, 0.717) is 12.1 Å². The van der Waals surface area contributed by atoms with Crippen molar-refractivity contribution in [1.29, 1.82) is 0 Å². The van der Waals surface area contributed by atoms with Crippen LogP contribution in [0.4, 0.5) is 8.78 Å². The fourth-order valence-corrected chi connectivity index (χ4v) is 2.28. The molecule has 5 nitrogen and oxygen atoms in total. The van der Waals surface area contributed by atoms with Gasteiger partial charge in [0.05, 0.1) is 0 Å². The molecule has 0 aliphatic carbocycles. The summed E-state index contributed by atoms with van der Waals surface area (Å²) in [5, 5.41) is 11.8. The highest BCUT2D eigenvalue weighted by atomic mass is 19.1. The second-order valence-electron chi connectivity index (χ2n) is 4.88. The molecule has 1 fully saturated rings. The molecule has 2 N–H and O–H groups in total. The Labute approximate surface area is 120 Å². The van der Waals surface area contributed by atoms with Crippen molar-refractivity contribution in [2.75, 3.05) is 19.6 Å². The highest BCUT2D eigenvalue weighted by molar-refractivity contribution is 5.97. The van der Waals surface area contributed by atoms with Gasteiger partial charge in [0.1, 0.15) is 22.9 Å². The molecule has 0 bridgehead atoms. The molecular formula is C14H16F2N2O3. The monoisotopic (exact) mass is 298 g/mol. The van der Waals surface area contributed by atoms with E-state index in [4.69, 9.17) is 0 Å². The number of likely N-dealkylation sites (tertiary alicyclic amines) is 1. The number of amides is 2. The molecule has 0 atom stereocenters. The van der Waals surface area contributed by atoms with Crippen molar-refractivity contribution in [2.24, 2.45) is 0 Å². The summed E-state index contributed by atoms with van der Waals surface area (Å²) >= 11 is 0. The van der Waals surface area contributed by atoms with E-state index in [1.807, 2.05) is 0 Å². The molecule has 1 aromatic rings. The summed E-state index contributed by atoms with van der Waals surface area (Å²) in [4.78, 5) is 25.2. The third-order valence-corrected chi connectivity index (χ3v) is 3.34. The Bertz CT molecular complexity index is 534. The number of benzene rings is 1. The Balaban J connectivity index is 1.89. The lowest BCUT2D eigenvalue weighted by Gasteiger charge is -2.15. The molecule has 0 radical (unpaired) electrons. The van der Waals surface area contributed by atoms with Gasteiger partial charge in [-0.1, -0.05) is 0 Å². The van der Waals surface area contributed by atoms with E-state index in [9.17, 15) is 23.5 Å². The summed E-state index contributed by atoms with van der Waals surface area (Å²) in [7, 11) is 0. The third-order valence-electron chi connectivity index (χ3n) is 3.34. The summed E-state index contributed by atoms with van der Waals surface area (Å²) in [6, 6.07) is 1.18. The Hall–Kier alpha value is -2.18. The van der Waals surface area contributed by atoms with Crippen LogP contribution in [0.15, 0.2) is 12.1 Å². The highest BCUT2D eigenvalue weighted by Gasteiger charge is 2.20. The molecule has 2 rings (SSSR count). The van der Waals surface area contributed by atoms with Gasteiger partial charge in [-0.15, -0.1) is 0 Å². The molecule has 2 amide bonds. The van der Waals surface area contributed by atoms with Gasteiger partial charge in [0.2, 0.25) is 5.91 Å². The van der Waals surface area contributed by atoms with Crippen LogP contribution in [0.3, 0.4) is 0 Å². The van der Waals surface area contributed by atoms with Crippen LogP contribution in [0, 0.1) is 11.6 Å². The zero-order valence-electron chi connectivity index (χ0n) is 11.4. The highest BCUT2D eigenvalue weighted by Crippen LogP contribution is 2.21. The summed E-state index contributed by atoms with van der Waals surface area (Å²) in [6.45, 7) is 1.48. The van der Waals surface area contributed by atoms with Gasteiger partial charge in [-0.2, -0.15) is 0 Å². The van der Waals surface area contributed by atoms with Gasteiger partial charge in [0, 0.05) is 38.2 Å². The van der Waals surface area contributed by atoms with E-state index in [0.717, 1.165) is 25.9 Å². The second-order valence-corrected chi connectivity index (χ2v) is 4.88. The summed E-state index contributed by atoms with van der Waals surface area (Å²) in [6.07, 6.45) is 2.06. The second kappa shape index (κ2) is 6.51. The minimum absolute atomic E-state index is 0.0322. The number of carbonyl (C=O) groups is 2. The summed E-state index contributed by atoms with van der Waals surface area (Å²) in [5.41, 5.74) is -0.620. The van der Waals surface area contributed by atoms with Gasteiger partial charge in [0.25, 0.3) is 5.91 Å². The van der Waals surface area contributed by atoms with Gasteiger partial charge >= 0.3 is 0 Å². The van der Waals surface area contributed by atoms with E-state index in [2.05, 4.69) is 5.32 Å². The standard InChI is InChI=1S/C14H16F2N2O3/c15-9-7-10(16)13(11(19)8-9)14(21)17-4-3-12(20)18-5-1-2-6-18/h7-8,19H,1-6H2,(H,17,21). The number of nitrogens with zero attached hydrogens (tertiary/aromatic N) is 1. The van der Waals surface area contributed by atoms with Crippen LogP contribution in [-0.4, -0.2) is 41.5 Å². The quantitative estimate of drug-likeness (QED) is 0.883. The van der Waals surface area contributed by atoms with E-state index in [1.165, 1.54) is 0 Å². The number of hydrogen-bond acceptors (Lipinski definition) is 3. The zero-order valence-corrected chi connectivity index (χ0v) is 11.4. The topological polar surface area (TPSA) is 69.6 Å². The van der Waals surface area contributed by atoms with Crippen LogP contribution in [0.25, 0.3) is 0 Å². The Morgan fingerprint density at radius 1 is 1.24 bits per heavy atom. The molecule has 1 saturated heterocycles. The van der Waals surface area contributed by atoms with Gasteiger partial charge in [0.15, 0.2) is 0 Å². The number of hydrogen-bond donors (Lipinski definition) is 2. The van der Waals surface area contributed by atoms with E-state index in [1.54, 1.807) is 4.90 Å². The molecule has 1 aliphatic rings. The molecule has 114 valence electrons. The van der Waals surface area contributed by atoms with E-state index in [-0.39, 0.29) is 18.9 Å². The lowest BCUT2D eigenvalue weighted by Crippen LogP contribution is -2.33. The predicted molar refractivity (Wildman–Crippen MR) is 70.8 cm³/mol. The first-order valence-corrected chi connectivity index (χ1v) is 6.73. The fraction of sp³-hybridized carbons (Fsp3) is 0.429. The minimum Gasteiger partial charge on any atom is -0.507 e. The van der Waals surface area contributed by atoms with Crippen LogP contribution in [0.2, 0.25) is 0 Å². The van der Waals surface area contributed by atoms with Crippen molar-refractivity contribution >= 4 is 11.8 Å². The van der Waals surface area contributed by atoms with E-state index < -0.39 is 28.9 Å². The number of rotatable bonds is 4. The van der Waals surface area contributed by atoms with Gasteiger partial charge in [-0.05, 0) is 12.8 Å². The first-order chi connectivity index (χ1) is 9.99. The number of carbonyl (C=O) groups excluding carboxylic acids is 2.